The van der Waals surface area contributed by atoms with E-state index in [0.717, 1.165) is 24.1 Å². The monoisotopic (exact) mass is 472 g/mol. The van der Waals surface area contributed by atoms with E-state index in [9.17, 15) is 9.59 Å². The molecule has 1 aromatic heterocycles. The van der Waals surface area contributed by atoms with Crippen molar-refractivity contribution in [3.05, 3.63) is 52.2 Å². The van der Waals surface area contributed by atoms with Gasteiger partial charge in [-0.05, 0) is 50.3 Å². The lowest BCUT2D eigenvalue weighted by Crippen LogP contribution is -2.41. The highest BCUT2D eigenvalue weighted by atomic mass is 35.5. The van der Waals surface area contributed by atoms with E-state index in [1.165, 1.54) is 11.3 Å². The summed E-state index contributed by atoms with van der Waals surface area (Å²) in [6.07, 6.45) is 2.62. The van der Waals surface area contributed by atoms with Crippen molar-refractivity contribution in [1.82, 2.24) is 4.98 Å². The molecule has 4 unspecified atom stereocenters. The Bertz CT molecular complexity index is 1100. The molecule has 0 spiro atoms. The van der Waals surface area contributed by atoms with Crippen LogP contribution in [0.25, 0.3) is 0 Å². The van der Waals surface area contributed by atoms with Gasteiger partial charge in [-0.25, -0.2) is 4.98 Å². The first-order valence-corrected chi connectivity index (χ1v) is 12.4. The van der Waals surface area contributed by atoms with Crippen LogP contribution in [0.15, 0.2) is 41.0 Å². The van der Waals surface area contributed by atoms with E-state index >= 15 is 0 Å². The number of fused-ring (bicyclic) bond motifs is 1. The molecule has 1 amide bonds. The maximum Gasteiger partial charge on any atom is 0.296 e. The van der Waals surface area contributed by atoms with Crippen LogP contribution in [0.5, 0.6) is 5.75 Å². The van der Waals surface area contributed by atoms with E-state index in [4.69, 9.17) is 21.1 Å². The molecule has 3 heterocycles. The second-order valence-electron chi connectivity index (χ2n) is 8.55. The van der Waals surface area contributed by atoms with Gasteiger partial charge in [0.2, 0.25) is 0 Å². The second kappa shape index (κ2) is 8.52. The van der Waals surface area contributed by atoms with Crippen molar-refractivity contribution in [3.63, 3.8) is 0 Å². The quantitative estimate of drug-likeness (QED) is 0.575. The minimum atomic E-state index is -0.600. The largest absolute Gasteiger partial charge is 0.494 e. The van der Waals surface area contributed by atoms with Gasteiger partial charge < -0.3 is 9.47 Å². The fourth-order valence-corrected chi connectivity index (χ4v) is 5.92. The summed E-state index contributed by atoms with van der Waals surface area (Å²) in [6, 6.07) is 7.00. The number of ketones is 1. The Labute approximate surface area is 196 Å². The Balaban J connectivity index is 1.61. The van der Waals surface area contributed by atoms with Crippen molar-refractivity contribution in [1.29, 1.82) is 0 Å². The SMILES string of the molecule is CCCOc1cccc(C2C3=C(OC4CCC(Cl)CC4C3=O)C(=O)N2c2nc(C)cs2)c1. The molecule has 0 N–H and O–H groups in total. The minimum absolute atomic E-state index is 0.0318. The topological polar surface area (TPSA) is 68.7 Å². The predicted molar refractivity (Wildman–Crippen MR) is 123 cm³/mol. The number of amides is 1. The number of rotatable bonds is 5. The molecule has 0 radical (unpaired) electrons. The molecule has 5 rings (SSSR count). The Morgan fingerprint density at radius 3 is 2.91 bits per heavy atom. The number of carbonyl (C=O) groups excluding carboxylic acids is 2. The number of anilines is 1. The van der Waals surface area contributed by atoms with Crippen LogP contribution in [-0.4, -0.2) is 34.8 Å². The lowest BCUT2D eigenvalue weighted by atomic mass is 9.77. The van der Waals surface area contributed by atoms with E-state index in [1.807, 2.05) is 43.5 Å². The fourth-order valence-electron chi connectivity index (χ4n) is 4.77. The molecule has 2 aliphatic heterocycles. The number of benzene rings is 1. The Morgan fingerprint density at radius 1 is 1.31 bits per heavy atom. The molecule has 3 aliphatic rings. The van der Waals surface area contributed by atoms with Gasteiger partial charge in [-0.15, -0.1) is 22.9 Å². The van der Waals surface area contributed by atoms with Gasteiger partial charge in [0, 0.05) is 10.8 Å². The number of nitrogens with zero attached hydrogens (tertiary/aromatic N) is 2. The average molecular weight is 473 g/mol. The number of aromatic nitrogens is 1. The number of alkyl halides is 1. The zero-order valence-corrected chi connectivity index (χ0v) is 19.6. The molecular weight excluding hydrogens is 448 g/mol. The summed E-state index contributed by atoms with van der Waals surface area (Å²) in [5.41, 5.74) is 2.05. The summed E-state index contributed by atoms with van der Waals surface area (Å²) >= 11 is 7.79. The highest BCUT2D eigenvalue weighted by Crippen LogP contribution is 2.49. The van der Waals surface area contributed by atoms with Crippen LogP contribution in [0.3, 0.4) is 0 Å². The molecule has 32 heavy (non-hydrogen) atoms. The first kappa shape index (κ1) is 21.5. The van der Waals surface area contributed by atoms with Gasteiger partial charge in [0.15, 0.2) is 16.7 Å². The number of carbonyl (C=O) groups is 2. The third-order valence-electron chi connectivity index (χ3n) is 6.24. The summed E-state index contributed by atoms with van der Waals surface area (Å²) in [5.74, 6) is 0.219. The average Bonchev–Trinajstić information content (AvgIpc) is 3.34. The van der Waals surface area contributed by atoms with E-state index in [1.54, 1.807) is 4.90 Å². The van der Waals surface area contributed by atoms with Crippen LogP contribution in [0.2, 0.25) is 0 Å². The van der Waals surface area contributed by atoms with Gasteiger partial charge in [-0.2, -0.15) is 0 Å². The molecular formula is C24H25ClN2O4S. The number of hydrogen-bond acceptors (Lipinski definition) is 6. The number of halogens is 1. The lowest BCUT2D eigenvalue weighted by Gasteiger charge is -2.37. The van der Waals surface area contributed by atoms with Gasteiger partial charge in [-0.3, -0.25) is 14.5 Å². The third kappa shape index (κ3) is 3.61. The second-order valence-corrected chi connectivity index (χ2v) is 10.0. The molecule has 1 saturated carbocycles. The minimum Gasteiger partial charge on any atom is -0.494 e. The van der Waals surface area contributed by atoms with Crippen molar-refractivity contribution < 1.29 is 19.1 Å². The summed E-state index contributed by atoms with van der Waals surface area (Å²) in [4.78, 5) is 33.5. The van der Waals surface area contributed by atoms with Crippen LogP contribution in [0, 0.1) is 12.8 Å². The van der Waals surface area contributed by atoms with Crippen molar-refractivity contribution >= 4 is 39.8 Å². The fraction of sp³-hybridized carbons (Fsp3) is 0.458. The van der Waals surface area contributed by atoms with Gasteiger partial charge in [0.1, 0.15) is 11.9 Å². The highest BCUT2D eigenvalue weighted by molar-refractivity contribution is 7.14. The molecule has 6 nitrogen and oxygen atoms in total. The molecule has 2 aromatic rings. The summed E-state index contributed by atoms with van der Waals surface area (Å²) in [5, 5.41) is 2.41. The number of hydrogen-bond donors (Lipinski definition) is 0. The van der Waals surface area contributed by atoms with Crippen LogP contribution >= 0.6 is 22.9 Å². The maximum absolute atomic E-state index is 13.7. The molecule has 4 atom stereocenters. The van der Waals surface area contributed by atoms with E-state index < -0.39 is 6.04 Å². The molecule has 0 saturated heterocycles. The number of aryl methyl sites for hydroxylation is 1. The van der Waals surface area contributed by atoms with Crippen molar-refractivity contribution in [2.75, 3.05) is 11.5 Å². The lowest BCUT2D eigenvalue weighted by molar-refractivity contribution is -0.131. The first-order chi connectivity index (χ1) is 15.5. The van der Waals surface area contributed by atoms with Gasteiger partial charge in [0.05, 0.1) is 29.8 Å². The molecule has 1 aliphatic carbocycles. The van der Waals surface area contributed by atoms with Crippen LogP contribution in [-0.2, 0) is 14.3 Å². The molecule has 0 bridgehead atoms. The number of Topliss-reactive ketones (excluding diaryl/α,β-unsaturated/α-hetero) is 1. The van der Waals surface area contributed by atoms with Gasteiger partial charge in [0.25, 0.3) is 5.91 Å². The van der Waals surface area contributed by atoms with Crippen LogP contribution in [0.1, 0.15) is 49.9 Å². The summed E-state index contributed by atoms with van der Waals surface area (Å²) < 4.78 is 12.0. The van der Waals surface area contributed by atoms with E-state index in [-0.39, 0.29) is 34.8 Å². The zero-order valence-electron chi connectivity index (χ0n) is 18.0. The molecule has 8 heteroatoms. The summed E-state index contributed by atoms with van der Waals surface area (Å²) in [6.45, 7) is 4.53. The van der Waals surface area contributed by atoms with Crippen LogP contribution in [0.4, 0.5) is 5.13 Å². The van der Waals surface area contributed by atoms with Crippen molar-refractivity contribution in [2.24, 2.45) is 5.92 Å². The van der Waals surface area contributed by atoms with E-state index in [0.29, 0.717) is 35.9 Å². The zero-order chi connectivity index (χ0) is 22.4. The highest BCUT2D eigenvalue weighted by Gasteiger charge is 2.53. The Kier molecular flexibility index (Phi) is 5.72. The number of thiazole rings is 1. The third-order valence-corrected chi connectivity index (χ3v) is 7.60. The molecule has 1 aromatic carbocycles. The molecule has 168 valence electrons. The van der Waals surface area contributed by atoms with Gasteiger partial charge in [-0.1, -0.05) is 19.1 Å². The van der Waals surface area contributed by atoms with Crippen molar-refractivity contribution in [3.8, 4) is 5.75 Å². The standard InChI is InChI=1S/C24H25ClN2O4S/c1-3-9-30-16-6-4-5-14(10-16)20-19-21(28)17-11-15(25)7-8-18(17)31-22(19)23(29)27(20)24-26-13(2)12-32-24/h4-6,10,12,15,17-18,20H,3,7-9,11H2,1-2H3. The predicted octanol–water partition coefficient (Wildman–Crippen LogP) is 4.96. The normalized spacial score (nSPS) is 27.3. The first-order valence-electron chi connectivity index (χ1n) is 11.1. The Hall–Kier alpha value is -2.38. The Morgan fingerprint density at radius 2 is 2.16 bits per heavy atom. The van der Waals surface area contributed by atoms with Gasteiger partial charge >= 0.3 is 0 Å². The maximum atomic E-state index is 13.7. The molecule has 1 fully saturated rings. The van der Waals surface area contributed by atoms with Crippen LogP contribution < -0.4 is 9.64 Å². The van der Waals surface area contributed by atoms with Crippen molar-refractivity contribution in [2.45, 2.75) is 57.1 Å². The van der Waals surface area contributed by atoms with E-state index in [2.05, 4.69) is 4.98 Å². The smallest absolute Gasteiger partial charge is 0.296 e. The number of ether oxygens (including phenoxy) is 2. The summed E-state index contributed by atoms with van der Waals surface area (Å²) in [7, 11) is 0.